The van der Waals surface area contributed by atoms with E-state index in [0.717, 1.165) is 5.56 Å². The molecule has 0 spiro atoms. The number of rotatable bonds is 30. The summed E-state index contributed by atoms with van der Waals surface area (Å²) in [6, 6.07) is 9.59. The predicted molar refractivity (Wildman–Crippen MR) is 353 cm³/mol. The molecule has 14 bridgehead atoms. The summed E-state index contributed by atoms with van der Waals surface area (Å²) in [5.41, 5.74) is 0.835. The number of benzene rings is 1. The van der Waals surface area contributed by atoms with Crippen LogP contribution in [0.2, 0.25) is 0 Å². The molecule has 21 heterocycles. The Morgan fingerprint density at radius 2 is 0.365 bits per heavy atom. The van der Waals surface area contributed by atoms with Crippen molar-refractivity contribution >= 4 is 0 Å². The van der Waals surface area contributed by atoms with Crippen LogP contribution in [0, 0.1) is 0 Å². The lowest BCUT2D eigenvalue weighted by Gasteiger charge is -2.52. The Labute approximate surface area is 609 Å². The lowest BCUT2D eigenvalue weighted by atomic mass is 9.94. The van der Waals surface area contributed by atoms with Gasteiger partial charge in [-0.2, -0.15) is 0 Å². The van der Waals surface area contributed by atoms with Gasteiger partial charge in [0.05, 0.1) is 52.9 Å². The second-order valence-electron chi connectivity index (χ2n) is 26.1. The van der Waals surface area contributed by atoms with Gasteiger partial charge in [0.25, 0.3) is 0 Å². The summed E-state index contributed by atoms with van der Waals surface area (Å²) in [4.78, 5) is 0. The minimum atomic E-state index is -1.28. The first-order valence-corrected chi connectivity index (χ1v) is 34.8. The van der Waals surface area contributed by atoms with E-state index in [2.05, 4.69) is 0 Å². The summed E-state index contributed by atoms with van der Waals surface area (Å²) in [5.74, 6) is 0. The fourth-order valence-corrected chi connectivity index (χ4v) is 15.5. The molecule has 0 aromatic heterocycles. The van der Waals surface area contributed by atoms with Gasteiger partial charge in [0.15, 0.2) is 44.0 Å². The molecule has 104 heavy (non-hydrogen) atoms. The molecule has 21 aliphatic heterocycles. The van der Waals surface area contributed by atoms with E-state index >= 15 is 0 Å². The average molecular weight is 1510 g/mol. The molecule has 0 radical (unpaired) electrons. The van der Waals surface area contributed by atoms with Crippen LogP contribution in [-0.2, 0) is 172 Å². The van der Waals surface area contributed by atoms with Crippen molar-refractivity contribution in [1.29, 1.82) is 0 Å². The van der Waals surface area contributed by atoms with Crippen molar-refractivity contribution in [3.63, 3.8) is 0 Å². The Hall–Kier alpha value is -2.18. The van der Waals surface area contributed by atoms with Crippen LogP contribution in [0.3, 0.4) is 0 Å². The summed E-state index contributed by atoms with van der Waals surface area (Å²) in [7, 11) is 30.3. The molecule has 21 fully saturated rings. The lowest BCUT2D eigenvalue weighted by molar-refractivity contribution is -0.403. The number of ether oxygens (including phenoxy) is 35. The van der Waals surface area contributed by atoms with Crippen molar-refractivity contribution in [1.82, 2.24) is 0 Å². The highest BCUT2D eigenvalue weighted by Gasteiger charge is 2.62. The number of hydrogen-bond acceptors (Lipinski definition) is 35. The second-order valence-corrected chi connectivity index (χ2v) is 26.1. The summed E-state index contributed by atoms with van der Waals surface area (Å²) in [6.45, 7) is -0.264. The van der Waals surface area contributed by atoms with Crippen molar-refractivity contribution in [2.45, 2.75) is 222 Å². The van der Waals surface area contributed by atoms with E-state index in [0.29, 0.717) is 0 Å². The van der Waals surface area contributed by atoms with Crippen LogP contribution in [0.1, 0.15) is 5.56 Å². The Morgan fingerprint density at radius 1 is 0.202 bits per heavy atom. The molecule has 1 aromatic carbocycles. The maximum atomic E-state index is 7.23. The van der Waals surface area contributed by atoms with Crippen molar-refractivity contribution < 1.29 is 166 Å². The van der Waals surface area contributed by atoms with Gasteiger partial charge in [0.1, 0.15) is 171 Å². The molecule has 0 amide bonds. The van der Waals surface area contributed by atoms with E-state index in [9.17, 15) is 0 Å². The Morgan fingerprint density at radius 3 is 0.529 bits per heavy atom. The molecule has 0 aliphatic carbocycles. The molecule has 21 aliphatic rings. The summed E-state index contributed by atoms with van der Waals surface area (Å²) in [6.07, 6.45) is -36.6. The van der Waals surface area contributed by atoms with Gasteiger partial charge in [0.2, 0.25) is 0 Å². The molecule has 35 nitrogen and oxygen atoms in total. The van der Waals surface area contributed by atoms with E-state index in [1.807, 2.05) is 30.3 Å². The molecule has 35 heteroatoms. The molecule has 602 valence electrons. The fourth-order valence-electron chi connectivity index (χ4n) is 15.5. The SMILES string of the molecule is COC[C@H]1O[C@@H]2O[C@H]3[C@H](OC)[C@@H](OC)[C@@H](O[C@H]4[C@H](OC)[C@@H](OC)[C@@H](O[C@H]5[C@H](OC)[C@@H](OC)[C@@H](O[C@H]6[C@H](OC)[C@@H](OCc7ccccc7)[C@@H](O[C@H]7[C@H](OC)[C@@H](OC)[C@@H](O[C@H]8[C@H](OC)[C@@H](OC)[C@@H](O[C@H]1[C@H](OC)[C@H]2OC)O[C@@H]8COC)O[C@@H]7COC)O[C@@H]6COC)O[C@@H]5COC)O[C@@H]4COC)O[C@@H]3COC. The highest BCUT2D eigenvalue weighted by atomic mass is 16.8. The quantitative estimate of drug-likeness (QED) is 0.0984. The predicted octanol–water partition coefficient (Wildman–Crippen LogP) is 0.0759. The minimum absolute atomic E-state index is 0.0421. The van der Waals surface area contributed by atoms with Crippen LogP contribution < -0.4 is 0 Å². The molecule has 0 unspecified atom stereocenters. The normalized spacial score (nSPS) is 44.1. The molecule has 35 atom stereocenters. The average Bonchev–Trinajstić information content (AvgIpc) is 0.768. The van der Waals surface area contributed by atoms with E-state index in [1.165, 1.54) is 142 Å². The fraction of sp³-hybridized carbons (Fsp3) is 0.913. The van der Waals surface area contributed by atoms with Gasteiger partial charge in [-0.1, -0.05) is 30.3 Å². The largest absolute Gasteiger partial charge is 0.382 e. The first-order chi connectivity index (χ1) is 50.7. The van der Waals surface area contributed by atoms with Gasteiger partial charge in [-0.15, -0.1) is 0 Å². The standard InChI is InChI=1S/C69H116O35/c1-70-27-35-42-49(77-8)56(84-15)64(91-35)99-44-37(29-72-3)93-66(58(86-17)51(44)79-10)101-46-39(31-74-5)95-68(60(88-19)53(46)81-12)103-48-41(33-76-7)97-69(62(55(48)83-14)90-26-34-24-22-21-23-25-34)104-47-40(32-75-6)96-67(61(89-20)54(47)82-13)102-45-38(30-73-4)94-65(59(87-18)52(45)80-11)100-43-36(28-71-2)92-63(98-42)57(85-16)50(43)78-9/h21-25,35-69H,26-33H2,1-20H3/t35-,36-,37-,38-,39-,40-,41-,42-,43-,44-,45-,46-,47-,48-,49+,50+,51+,52+,53+,54+,55+,56-,57-,58-,59-,60-,61-,62-,63-,64-,65-,66-,67-,68-,69-/m1/s1. The third-order valence-electron chi connectivity index (χ3n) is 20.3. The van der Waals surface area contributed by atoms with Gasteiger partial charge in [0, 0.05) is 142 Å². The molecule has 1 aromatic rings. The van der Waals surface area contributed by atoms with E-state index < -0.39 is 215 Å². The van der Waals surface area contributed by atoms with E-state index in [4.69, 9.17) is 166 Å². The van der Waals surface area contributed by atoms with Crippen LogP contribution in [0.25, 0.3) is 0 Å². The van der Waals surface area contributed by atoms with E-state index in [-0.39, 0.29) is 52.9 Å². The topological polar surface area (TPSA) is 323 Å². The monoisotopic (exact) mass is 1500 g/mol. The summed E-state index contributed by atoms with van der Waals surface area (Å²) < 4.78 is 229. The summed E-state index contributed by atoms with van der Waals surface area (Å²) in [5, 5.41) is 0. The number of hydrogen-bond donors (Lipinski definition) is 0. The second kappa shape index (κ2) is 42.5. The molecule has 0 saturated carbocycles. The zero-order valence-electron chi connectivity index (χ0n) is 63.5. The Balaban J connectivity index is 1.16. The third-order valence-corrected chi connectivity index (χ3v) is 20.3. The molecule has 21 saturated heterocycles. The Bertz CT molecular complexity index is 2520. The molecule has 0 N–H and O–H groups in total. The molecular weight excluding hydrogens is 1390 g/mol. The van der Waals surface area contributed by atoms with Crippen LogP contribution in [0.15, 0.2) is 30.3 Å². The zero-order valence-corrected chi connectivity index (χ0v) is 63.5. The highest BCUT2D eigenvalue weighted by molar-refractivity contribution is 5.14. The highest BCUT2D eigenvalue weighted by Crippen LogP contribution is 2.43. The first-order valence-electron chi connectivity index (χ1n) is 34.8. The van der Waals surface area contributed by atoms with Gasteiger partial charge >= 0.3 is 0 Å². The van der Waals surface area contributed by atoms with Gasteiger partial charge in [-0.25, -0.2) is 0 Å². The van der Waals surface area contributed by atoms with Crippen molar-refractivity contribution in [3.05, 3.63) is 35.9 Å². The third kappa shape index (κ3) is 19.1. The van der Waals surface area contributed by atoms with Gasteiger partial charge < -0.3 is 166 Å². The maximum Gasteiger partial charge on any atom is 0.187 e. The first kappa shape index (κ1) is 85.8. The Kier molecular flexibility index (Phi) is 35.0. The lowest BCUT2D eigenvalue weighted by Crippen LogP contribution is -2.69. The molecule has 22 rings (SSSR count). The van der Waals surface area contributed by atoms with Crippen molar-refractivity contribution in [2.24, 2.45) is 0 Å². The molecular formula is C69H116O35. The van der Waals surface area contributed by atoms with Gasteiger partial charge in [-0.3, -0.25) is 0 Å². The van der Waals surface area contributed by atoms with E-state index in [1.54, 1.807) is 0 Å². The van der Waals surface area contributed by atoms with Crippen LogP contribution >= 0.6 is 0 Å². The maximum absolute atomic E-state index is 7.23. The minimum Gasteiger partial charge on any atom is -0.382 e. The van der Waals surface area contributed by atoms with Crippen LogP contribution in [0.4, 0.5) is 0 Å². The van der Waals surface area contributed by atoms with Crippen molar-refractivity contribution in [3.8, 4) is 0 Å². The smallest absolute Gasteiger partial charge is 0.187 e. The van der Waals surface area contributed by atoms with Crippen LogP contribution in [0.5, 0.6) is 0 Å². The van der Waals surface area contributed by atoms with Crippen LogP contribution in [-0.4, -0.2) is 403 Å². The summed E-state index contributed by atoms with van der Waals surface area (Å²) >= 11 is 0. The zero-order chi connectivity index (χ0) is 74.7. The van der Waals surface area contributed by atoms with Crippen molar-refractivity contribution in [2.75, 3.05) is 188 Å². The van der Waals surface area contributed by atoms with Gasteiger partial charge in [-0.05, 0) is 5.56 Å². The number of methoxy groups -OCH3 is 20.